The lowest BCUT2D eigenvalue weighted by Gasteiger charge is -2.21. The quantitative estimate of drug-likeness (QED) is 0.569. The van der Waals surface area contributed by atoms with Gasteiger partial charge in [-0.25, -0.2) is 5.11 Å². The molecular formula is C7H12BrO. The van der Waals surface area contributed by atoms with Crippen LogP contribution in [-0.4, -0.2) is 5.01 Å². The van der Waals surface area contributed by atoms with Crippen LogP contribution in [0, 0.1) is 5.92 Å². The largest absolute Gasteiger partial charge is 0.220 e. The maximum atomic E-state index is 10.8. The minimum atomic E-state index is -0.502. The highest BCUT2D eigenvalue weighted by molar-refractivity contribution is 9.09. The summed E-state index contributed by atoms with van der Waals surface area (Å²) in [4.78, 5) is 0. The summed E-state index contributed by atoms with van der Waals surface area (Å²) in [5, 5.41) is 10.3. The van der Waals surface area contributed by atoms with Crippen molar-refractivity contribution in [2.45, 2.75) is 37.1 Å². The van der Waals surface area contributed by atoms with Crippen molar-refractivity contribution >= 4 is 15.9 Å². The first-order chi connectivity index (χ1) is 4.30. The fourth-order valence-corrected chi connectivity index (χ4v) is 1.92. The van der Waals surface area contributed by atoms with E-state index in [4.69, 9.17) is 0 Å². The molecule has 1 aliphatic rings. The standard InChI is InChI=1S/C7H12BrO/c8-7(9)6-4-2-1-3-5-6/h6-7H,1-5H2. The Bertz CT molecular complexity index is 77.0. The SMILES string of the molecule is [O]C(Br)C1CCCCC1. The van der Waals surface area contributed by atoms with Crippen LogP contribution in [0.3, 0.4) is 0 Å². The minimum absolute atomic E-state index is 0.416. The van der Waals surface area contributed by atoms with Gasteiger partial charge in [0.25, 0.3) is 0 Å². The number of hydrogen-bond donors (Lipinski definition) is 0. The van der Waals surface area contributed by atoms with Crippen molar-refractivity contribution in [2.75, 3.05) is 0 Å². The Balaban J connectivity index is 2.23. The zero-order chi connectivity index (χ0) is 6.69. The highest BCUT2D eigenvalue weighted by Gasteiger charge is 2.19. The van der Waals surface area contributed by atoms with Gasteiger partial charge in [0.05, 0.1) is 0 Å². The molecule has 0 heterocycles. The second-order valence-electron chi connectivity index (χ2n) is 2.75. The molecule has 1 nitrogen and oxygen atoms in total. The number of halogens is 1. The predicted molar refractivity (Wildman–Crippen MR) is 40.0 cm³/mol. The van der Waals surface area contributed by atoms with E-state index in [1.165, 1.54) is 19.3 Å². The first-order valence-corrected chi connectivity index (χ1v) is 4.52. The molecule has 0 aromatic rings. The Hall–Kier alpha value is 0.440. The van der Waals surface area contributed by atoms with Gasteiger partial charge in [-0.15, -0.1) is 0 Å². The molecule has 1 saturated carbocycles. The molecule has 0 aromatic carbocycles. The molecule has 0 spiro atoms. The van der Waals surface area contributed by atoms with E-state index in [0.29, 0.717) is 5.92 Å². The molecular weight excluding hydrogens is 180 g/mol. The Morgan fingerprint density at radius 2 is 1.78 bits per heavy atom. The lowest BCUT2D eigenvalue weighted by Crippen LogP contribution is -2.15. The van der Waals surface area contributed by atoms with Gasteiger partial charge in [0.1, 0.15) is 0 Å². The number of hydrogen-bond acceptors (Lipinski definition) is 0. The maximum Gasteiger partial charge on any atom is 0.150 e. The van der Waals surface area contributed by atoms with E-state index < -0.39 is 5.01 Å². The topological polar surface area (TPSA) is 19.9 Å². The molecule has 0 amide bonds. The molecule has 1 fully saturated rings. The summed E-state index contributed by atoms with van der Waals surface area (Å²) in [5.74, 6) is 0.416. The van der Waals surface area contributed by atoms with Crippen LogP contribution in [0.25, 0.3) is 0 Å². The van der Waals surface area contributed by atoms with Crippen LogP contribution in [0.2, 0.25) is 0 Å². The fraction of sp³-hybridized carbons (Fsp3) is 1.00. The summed E-state index contributed by atoms with van der Waals surface area (Å²) < 4.78 is 0. The molecule has 53 valence electrons. The van der Waals surface area contributed by atoms with E-state index in [-0.39, 0.29) is 0 Å². The third kappa shape index (κ3) is 2.26. The van der Waals surface area contributed by atoms with Crippen LogP contribution in [0.4, 0.5) is 0 Å². The molecule has 0 N–H and O–H groups in total. The number of rotatable bonds is 1. The Kier molecular flexibility index (Phi) is 2.99. The van der Waals surface area contributed by atoms with Gasteiger partial charge in [0.2, 0.25) is 0 Å². The van der Waals surface area contributed by atoms with Gasteiger partial charge in [-0.05, 0) is 18.8 Å². The molecule has 9 heavy (non-hydrogen) atoms. The van der Waals surface area contributed by atoms with Crippen molar-refractivity contribution < 1.29 is 5.11 Å². The van der Waals surface area contributed by atoms with Gasteiger partial charge in [0, 0.05) is 0 Å². The van der Waals surface area contributed by atoms with E-state index >= 15 is 0 Å². The highest BCUT2D eigenvalue weighted by Crippen LogP contribution is 2.28. The zero-order valence-corrected chi connectivity index (χ0v) is 7.06. The summed E-state index contributed by atoms with van der Waals surface area (Å²) >= 11 is 3.08. The van der Waals surface area contributed by atoms with E-state index in [2.05, 4.69) is 15.9 Å². The van der Waals surface area contributed by atoms with Gasteiger partial charge in [-0.2, -0.15) is 0 Å². The minimum Gasteiger partial charge on any atom is -0.220 e. The van der Waals surface area contributed by atoms with Gasteiger partial charge < -0.3 is 0 Å². The first kappa shape index (κ1) is 7.55. The number of alkyl halides is 1. The van der Waals surface area contributed by atoms with Gasteiger partial charge in [-0.1, -0.05) is 35.2 Å². The summed E-state index contributed by atoms with van der Waals surface area (Å²) in [5.41, 5.74) is 0. The van der Waals surface area contributed by atoms with Crippen molar-refractivity contribution in [3.63, 3.8) is 0 Å². The van der Waals surface area contributed by atoms with Crippen molar-refractivity contribution in [1.82, 2.24) is 0 Å². The molecule has 1 aliphatic carbocycles. The molecule has 1 atom stereocenters. The molecule has 1 radical (unpaired) electrons. The van der Waals surface area contributed by atoms with Crippen LogP contribution in [-0.2, 0) is 5.11 Å². The van der Waals surface area contributed by atoms with E-state index in [0.717, 1.165) is 12.8 Å². The Morgan fingerprint density at radius 1 is 1.22 bits per heavy atom. The van der Waals surface area contributed by atoms with Gasteiger partial charge in [-0.3, -0.25) is 0 Å². The van der Waals surface area contributed by atoms with Crippen molar-refractivity contribution in [2.24, 2.45) is 5.92 Å². The fourth-order valence-electron chi connectivity index (χ4n) is 1.40. The lowest BCUT2D eigenvalue weighted by molar-refractivity contribution is 0.0968. The van der Waals surface area contributed by atoms with Crippen molar-refractivity contribution in [3.05, 3.63) is 0 Å². The van der Waals surface area contributed by atoms with Crippen LogP contribution in [0.1, 0.15) is 32.1 Å². The average Bonchev–Trinajstić information content (AvgIpc) is 1.90. The molecule has 0 aliphatic heterocycles. The second kappa shape index (κ2) is 3.57. The van der Waals surface area contributed by atoms with Crippen LogP contribution < -0.4 is 0 Å². The van der Waals surface area contributed by atoms with Gasteiger partial charge >= 0.3 is 0 Å². The normalized spacial score (nSPS) is 26.0. The molecule has 0 bridgehead atoms. The monoisotopic (exact) mass is 191 g/mol. The zero-order valence-electron chi connectivity index (χ0n) is 5.48. The second-order valence-corrected chi connectivity index (χ2v) is 3.65. The van der Waals surface area contributed by atoms with Crippen molar-refractivity contribution in [1.29, 1.82) is 0 Å². The summed E-state index contributed by atoms with van der Waals surface area (Å²) in [6.45, 7) is 0. The predicted octanol–water partition coefficient (Wildman–Crippen LogP) is 2.72. The highest BCUT2D eigenvalue weighted by atomic mass is 79.9. The molecule has 1 unspecified atom stereocenters. The molecule has 0 aromatic heterocycles. The van der Waals surface area contributed by atoms with E-state index in [9.17, 15) is 5.11 Å². The average molecular weight is 192 g/mol. The van der Waals surface area contributed by atoms with Gasteiger partial charge in [0.15, 0.2) is 5.01 Å². The van der Waals surface area contributed by atoms with Crippen molar-refractivity contribution in [3.8, 4) is 0 Å². The summed E-state index contributed by atoms with van der Waals surface area (Å²) in [6.07, 6.45) is 6.12. The van der Waals surface area contributed by atoms with Crippen LogP contribution in [0.5, 0.6) is 0 Å². The Morgan fingerprint density at radius 3 is 2.11 bits per heavy atom. The van der Waals surface area contributed by atoms with Crippen LogP contribution >= 0.6 is 15.9 Å². The van der Waals surface area contributed by atoms with E-state index in [1.54, 1.807) is 0 Å². The smallest absolute Gasteiger partial charge is 0.150 e. The molecule has 0 saturated heterocycles. The third-order valence-electron chi connectivity index (χ3n) is 2.02. The first-order valence-electron chi connectivity index (χ1n) is 3.60. The maximum absolute atomic E-state index is 10.8. The van der Waals surface area contributed by atoms with E-state index in [1.807, 2.05) is 0 Å². The molecule has 1 rings (SSSR count). The lowest BCUT2D eigenvalue weighted by atomic mass is 9.90. The van der Waals surface area contributed by atoms with Crippen LogP contribution in [0.15, 0.2) is 0 Å². The summed E-state index contributed by atoms with van der Waals surface area (Å²) in [7, 11) is 0. The third-order valence-corrected chi connectivity index (χ3v) is 2.77. The Labute approximate surface area is 64.6 Å². The molecule has 2 heteroatoms. The summed E-state index contributed by atoms with van der Waals surface area (Å²) in [6, 6.07) is 0.